The zero-order valence-electron chi connectivity index (χ0n) is 10.8. The smallest absolute Gasteiger partial charge is 0.122 e. The molecule has 98 valence electrons. The lowest BCUT2D eigenvalue weighted by Gasteiger charge is -2.09. The predicted molar refractivity (Wildman–Crippen MR) is 85.2 cm³/mol. The summed E-state index contributed by atoms with van der Waals surface area (Å²) in [7, 11) is 0. The summed E-state index contributed by atoms with van der Waals surface area (Å²) < 4.78 is 0.964. The van der Waals surface area contributed by atoms with Gasteiger partial charge in [0.1, 0.15) is 5.84 Å². The molecular weight excluding hydrogens is 320 g/mol. The minimum atomic E-state index is 0.0870. The number of amidine groups is 1. The Morgan fingerprint density at radius 1 is 1.11 bits per heavy atom. The maximum Gasteiger partial charge on any atom is 0.122 e. The van der Waals surface area contributed by atoms with Crippen LogP contribution in [0.3, 0.4) is 0 Å². The molecule has 0 unspecified atom stereocenters. The van der Waals surface area contributed by atoms with Crippen molar-refractivity contribution in [3.05, 3.63) is 57.6 Å². The first-order valence-corrected chi connectivity index (χ1v) is 7.47. The van der Waals surface area contributed by atoms with Crippen molar-refractivity contribution in [2.24, 2.45) is 5.73 Å². The molecule has 0 spiro atoms. The topological polar surface area (TPSA) is 49.9 Å². The molecule has 2 aromatic rings. The molecule has 0 amide bonds. The van der Waals surface area contributed by atoms with Gasteiger partial charge < -0.3 is 5.73 Å². The second kappa shape index (κ2) is 5.80. The molecule has 0 atom stereocenters. The molecule has 0 saturated heterocycles. The third kappa shape index (κ3) is 3.39. The average molecular weight is 335 g/mol. The molecule has 0 radical (unpaired) electrons. The van der Waals surface area contributed by atoms with Gasteiger partial charge in [0.15, 0.2) is 0 Å². The highest BCUT2D eigenvalue weighted by Crippen LogP contribution is 2.36. The molecular formula is C15H15BrN2S. The van der Waals surface area contributed by atoms with Crippen LogP contribution in [0.25, 0.3) is 0 Å². The maximum absolute atomic E-state index is 7.44. The monoisotopic (exact) mass is 334 g/mol. The van der Waals surface area contributed by atoms with Gasteiger partial charge in [-0.15, -0.1) is 0 Å². The van der Waals surface area contributed by atoms with Crippen molar-refractivity contribution >= 4 is 33.5 Å². The van der Waals surface area contributed by atoms with Crippen molar-refractivity contribution < 1.29 is 0 Å². The number of nitrogens with one attached hydrogen (secondary N) is 1. The van der Waals surface area contributed by atoms with E-state index in [4.69, 9.17) is 11.1 Å². The molecule has 0 aliphatic rings. The van der Waals surface area contributed by atoms with E-state index in [2.05, 4.69) is 48.0 Å². The number of nitrogens with two attached hydrogens (primary N) is 1. The Morgan fingerprint density at radius 2 is 1.84 bits per heavy atom. The molecule has 0 aliphatic heterocycles. The van der Waals surface area contributed by atoms with Crippen LogP contribution in [0.4, 0.5) is 0 Å². The van der Waals surface area contributed by atoms with Crippen LogP contribution in [-0.2, 0) is 0 Å². The summed E-state index contributed by atoms with van der Waals surface area (Å²) in [5, 5.41) is 7.44. The molecule has 3 N–H and O–H groups in total. The summed E-state index contributed by atoms with van der Waals surface area (Å²) in [5.41, 5.74) is 8.73. The van der Waals surface area contributed by atoms with Crippen molar-refractivity contribution in [2.75, 3.05) is 0 Å². The normalized spacial score (nSPS) is 10.5. The van der Waals surface area contributed by atoms with E-state index in [0.29, 0.717) is 0 Å². The summed E-state index contributed by atoms with van der Waals surface area (Å²) in [6.07, 6.45) is 0. The first kappa shape index (κ1) is 14.2. The molecule has 2 rings (SSSR count). The van der Waals surface area contributed by atoms with E-state index in [1.165, 1.54) is 16.0 Å². The molecule has 4 heteroatoms. The molecule has 0 bridgehead atoms. The highest BCUT2D eigenvalue weighted by atomic mass is 79.9. The highest BCUT2D eigenvalue weighted by Gasteiger charge is 2.07. The molecule has 0 heterocycles. The van der Waals surface area contributed by atoms with Crippen LogP contribution in [0.15, 0.2) is 50.7 Å². The van der Waals surface area contributed by atoms with Crippen molar-refractivity contribution in [3.8, 4) is 0 Å². The van der Waals surface area contributed by atoms with Crippen LogP contribution in [0.5, 0.6) is 0 Å². The Labute approximate surface area is 126 Å². The highest BCUT2D eigenvalue weighted by molar-refractivity contribution is 9.10. The number of benzene rings is 2. The molecule has 0 fully saturated rings. The second-order valence-corrected chi connectivity index (χ2v) is 6.37. The Kier molecular flexibility index (Phi) is 4.32. The van der Waals surface area contributed by atoms with E-state index in [0.717, 1.165) is 14.9 Å². The molecule has 19 heavy (non-hydrogen) atoms. The molecule has 0 aliphatic carbocycles. The number of halogens is 1. The number of aryl methyl sites for hydroxylation is 2. The van der Waals surface area contributed by atoms with Crippen molar-refractivity contribution in [1.82, 2.24) is 0 Å². The fourth-order valence-corrected chi connectivity index (χ4v) is 3.31. The Hall–Kier alpha value is -1.26. The zero-order valence-corrected chi connectivity index (χ0v) is 13.2. The third-order valence-corrected chi connectivity index (χ3v) is 4.96. The molecule has 0 aromatic heterocycles. The van der Waals surface area contributed by atoms with Gasteiger partial charge in [0.2, 0.25) is 0 Å². The molecule has 2 nitrogen and oxygen atoms in total. The largest absolute Gasteiger partial charge is 0.384 e. The van der Waals surface area contributed by atoms with Gasteiger partial charge >= 0.3 is 0 Å². The summed E-state index contributed by atoms with van der Waals surface area (Å²) in [6, 6.07) is 12.2. The van der Waals surface area contributed by atoms with Gasteiger partial charge in [-0.25, -0.2) is 0 Å². The SMILES string of the molecule is Cc1ccc(C)c(Sc2ccc(C(=N)N)cc2Br)c1. The lowest BCUT2D eigenvalue weighted by molar-refractivity contribution is 1.25. The summed E-state index contributed by atoms with van der Waals surface area (Å²) in [4.78, 5) is 2.37. The second-order valence-electron chi connectivity index (χ2n) is 4.43. The summed E-state index contributed by atoms with van der Waals surface area (Å²) >= 11 is 5.26. The van der Waals surface area contributed by atoms with Crippen molar-refractivity contribution in [3.63, 3.8) is 0 Å². The number of hydrogen-bond acceptors (Lipinski definition) is 2. The number of hydrogen-bond donors (Lipinski definition) is 2. The first-order valence-electron chi connectivity index (χ1n) is 5.86. The first-order chi connectivity index (χ1) is 8.97. The van der Waals surface area contributed by atoms with Crippen LogP contribution in [0, 0.1) is 19.3 Å². The lowest BCUT2D eigenvalue weighted by atomic mass is 10.2. The predicted octanol–water partition coefficient (Wildman–Crippen LogP) is 4.50. The summed E-state index contributed by atoms with van der Waals surface area (Å²) in [6.45, 7) is 4.21. The lowest BCUT2D eigenvalue weighted by Crippen LogP contribution is -2.10. The fourth-order valence-electron chi connectivity index (χ4n) is 1.69. The van der Waals surface area contributed by atoms with Crippen LogP contribution in [0.1, 0.15) is 16.7 Å². The Bertz CT molecular complexity index is 638. The van der Waals surface area contributed by atoms with Gasteiger partial charge in [-0.05, 0) is 59.1 Å². The van der Waals surface area contributed by atoms with Gasteiger partial charge in [-0.3, -0.25) is 5.41 Å². The Morgan fingerprint density at radius 3 is 2.47 bits per heavy atom. The van der Waals surface area contributed by atoms with Gasteiger partial charge in [0, 0.05) is 19.8 Å². The van der Waals surface area contributed by atoms with E-state index in [1.807, 2.05) is 18.2 Å². The van der Waals surface area contributed by atoms with Gasteiger partial charge in [0.25, 0.3) is 0 Å². The van der Waals surface area contributed by atoms with E-state index >= 15 is 0 Å². The summed E-state index contributed by atoms with van der Waals surface area (Å²) in [5.74, 6) is 0.0870. The third-order valence-electron chi connectivity index (χ3n) is 2.81. The van der Waals surface area contributed by atoms with Crippen molar-refractivity contribution in [2.45, 2.75) is 23.6 Å². The maximum atomic E-state index is 7.44. The number of nitrogen functional groups attached to an aromatic ring is 1. The van der Waals surface area contributed by atoms with Gasteiger partial charge in [0.05, 0.1) is 0 Å². The van der Waals surface area contributed by atoms with E-state index in [-0.39, 0.29) is 5.84 Å². The van der Waals surface area contributed by atoms with E-state index in [1.54, 1.807) is 11.8 Å². The quantitative estimate of drug-likeness (QED) is 0.641. The minimum absolute atomic E-state index is 0.0870. The molecule has 2 aromatic carbocycles. The molecule has 0 saturated carbocycles. The van der Waals surface area contributed by atoms with Crippen LogP contribution in [0.2, 0.25) is 0 Å². The van der Waals surface area contributed by atoms with E-state index < -0.39 is 0 Å². The van der Waals surface area contributed by atoms with Gasteiger partial charge in [-0.1, -0.05) is 30.0 Å². The Balaban J connectivity index is 2.33. The number of rotatable bonds is 3. The van der Waals surface area contributed by atoms with Crippen molar-refractivity contribution in [1.29, 1.82) is 5.41 Å². The van der Waals surface area contributed by atoms with Gasteiger partial charge in [-0.2, -0.15) is 0 Å². The fraction of sp³-hybridized carbons (Fsp3) is 0.133. The minimum Gasteiger partial charge on any atom is -0.384 e. The van der Waals surface area contributed by atoms with Crippen LogP contribution in [-0.4, -0.2) is 5.84 Å². The van der Waals surface area contributed by atoms with Crippen LogP contribution < -0.4 is 5.73 Å². The standard InChI is InChI=1S/C15H15BrN2S/c1-9-3-4-10(2)14(7-9)19-13-6-5-11(15(17)18)8-12(13)16/h3-8H,1-2H3,(H3,17,18). The zero-order chi connectivity index (χ0) is 14.0. The van der Waals surface area contributed by atoms with E-state index in [9.17, 15) is 0 Å². The van der Waals surface area contributed by atoms with Crippen LogP contribution >= 0.6 is 27.7 Å². The average Bonchev–Trinajstić information content (AvgIpc) is 2.36.